The predicted molar refractivity (Wildman–Crippen MR) is 59.5 cm³/mol. The van der Waals surface area contributed by atoms with Gasteiger partial charge in [-0.15, -0.1) is 0 Å². The van der Waals surface area contributed by atoms with Crippen LogP contribution in [0, 0.1) is 0 Å². The molecular weight excluding hydrogens is 176 g/mol. The van der Waals surface area contributed by atoms with E-state index in [-0.39, 0.29) is 0 Å². The van der Waals surface area contributed by atoms with Crippen LogP contribution in [0.1, 0.15) is 75.2 Å². The molecule has 0 aliphatic rings. The van der Waals surface area contributed by atoms with Crippen LogP contribution >= 0.6 is 0 Å². The number of carbonyl (C=O) groups is 1. The van der Waals surface area contributed by atoms with Crippen molar-refractivity contribution in [2.75, 3.05) is 0 Å². The molecule has 0 aromatic rings. The van der Waals surface area contributed by atoms with Gasteiger partial charge < -0.3 is 5.11 Å². The molecule has 2 nitrogen and oxygen atoms in total. The number of rotatable bonds is 10. The number of carboxylic acids is 1. The van der Waals surface area contributed by atoms with E-state index >= 15 is 0 Å². The number of unbranched alkanes of at least 4 members (excludes halogenated alkanes) is 6. The van der Waals surface area contributed by atoms with Crippen molar-refractivity contribution in [2.24, 2.45) is 0 Å². The van der Waals surface area contributed by atoms with Crippen molar-refractivity contribution < 1.29 is 14.0 Å². The van der Waals surface area contributed by atoms with E-state index < -0.39 is 18.7 Å². The summed E-state index contributed by atoms with van der Waals surface area (Å²) in [6.07, 6.45) is 4.45. The molecular formula is C12H24O2. The number of hydrogen-bond acceptors (Lipinski definition) is 1. The Labute approximate surface area is 91.9 Å². The molecule has 0 radical (unpaired) electrons. The molecule has 0 aromatic carbocycles. The van der Waals surface area contributed by atoms with Crippen LogP contribution in [0.2, 0.25) is 0 Å². The molecule has 1 N–H and O–H groups in total. The highest BCUT2D eigenvalue weighted by Gasteiger charge is 1.96. The van der Waals surface area contributed by atoms with Gasteiger partial charge in [0.05, 0.1) is 0 Å². The van der Waals surface area contributed by atoms with Crippen molar-refractivity contribution >= 4 is 5.97 Å². The zero-order valence-corrected chi connectivity index (χ0v) is 9.09. The van der Waals surface area contributed by atoms with E-state index in [0.29, 0.717) is 6.42 Å². The van der Waals surface area contributed by atoms with E-state index in [1.807, 2.05) is 0 Å². The molecule has 0 heterocycles. The normalized spacial score (nSPS) is 16.8. The first-order chi connectivity index (χ1) is 7.92. The SMILES string of the molecule is [2H]C(CCCCCCCCC)C([2H])([2H])C(=O)O. The average Bonchev–Trinajstić information content (AvgIpc) is 2.27. The summed E-state index contributed by atoms with van der Waals surface area (Å²) >= 11 is 0. The van der Waals surface area contributed by atoms with Crippen molar-refractivity contribution in [2.45, 2.75) is 71.1 Å². The predicted octanol–water partition coefficient (Wildman–Crippen LogP) is 3.99. The van der Waals surface area contributed by atoms with E-state index in [1.165, 1.54) is 25.7 Å². The quantitative estimate of drug-likeness (QED) is 0.545. The van der Waals surface area contributed by atoms with Gasteiger partial charge in [-0.2, -0.15) is 0 Å². The monoisotopic (exact) mass is 203 g/mol. The first kappa shape index (κ1) is 8.75. The second-order valence-corrected chi connectivity index (χ2v) is 3.56. The van der Waals surface area contributed by atoms with Gasteiger partial charge in [-0.1, -0.05) is 58.3 Å². The van der Waals surface area contributed by atoms with Crippen molar-refractivity contribution in [1.82, 2.24) is 0 Å². The highest BCUT2D eigenvalue weighted by Crippen LogP contribution is 2.10. The third-order valence-corrected chi connectivity index (χ3v) is 2.18. The molecule has 0 spiro atoms. The topological polar surface area (TPSA) is 37.3 Å². The van der Waals surface area contributed by atoms with E-state index in [4.69, 9.17) is 9.22 Å². The first-order valence-corrected chi connectivity index (χ1v) is 5.58. The minimum Gasteiger partial charge on any atom is -0.481 e. The Hall–Kier alpha value is -0.530. The molecule has 0 amide bonds. The Morgan fingerprint density at radius 2 is 1.57 bits per heavy atom. The molecule has 84 valence electrons. The highest BCUT2D eigenvalue weighted by molar-refractivity contribution is 5.66. The fourth-order valence-corrected chi connectivity index (χ4v) is 1.36. The Bertz CT molecular complexity index is 220. The number of carboxylic acid groups (broad SMARTS) is 1. The fraction of sp³-hybridized carbons (Fsp3) is 0.917. The summed E-state index contributed by atoms with van der Waals surface area (Å²) in [4.78, 5) is 10.6. The Balaban J connectivity index is 3.58. The molecule has 0 saturated heterocycles. The molecule has 0 fully saturated rings. The molecule has 1 atom stereocenters. The Kier molecular flexibility index (Phi) is 6.60. The van der Waals surface area contributed by atoms with Gasteiger partial charge in [0, 0.05) is 10.5 Å². The maximum absolute atomic E-state index is 10.6. The first-order valence-electron chi connectivity index (χ1n) is 7.16. The molecule has 0 saturated carbocycles. The van der Waals surface area contributed by atoms with Crippen LogP contribution in [-0.2, 0) is 4.79 Å². The molecule has 0 aliphatic heterocycles. The lowest BCUT2D eigenvalue weighted by atomic mass is 10.1. The lowest BCUT2D eigenvalue weighted by Crippen LogP contribution is -1.93. The van der Waals surface area contributed by atoms with Gasteiger partial charge in [0.1, 0.15) is 0 Å². The van der Waals surface area contributed by atoms with E-state index in [9.17, 15) is 4.79 Å². The van der Waals surface area contributed by atoms with E-state index in [1.54, 1.807) is 0 Å². The van der Waals surface area contributed by atoms with Gasteiger partial charge in [-0.05, 0) is 6.40 Å². The molecule has 0 aromatic heterocycles. The Morgan fingerprint density at radius 1 is 1.07 bits per heavy atom. The highest BCUT2D eigenvalue weighted by atomic mass is 16.4. The van der Waals surface area contributed by atoms with Gasteiger partial charge in [0.2, 0.25) is 0 Å². The van der Waals surface area contributed by atoms with Crippen LogP contribution < -0.4 is 0 Å². The van der Waals surface area contributed by atoms with Gasteiger partial charge in [0.25, 0.3) is 0 Å². The summed E-state index contributed by atoms with van der Waals surface area (Å²) in [5.41, 5.74) is 0. The maximum atomic E-state index is 10.6. The van der Waals surface area contributed by atoms with Gasteiger partial charge in [-0.3, -0.25) is 4.79 Å². The molecule has 2 heteroatoms. The van der Waals surface area contributed by atoms with Crippen LogP contribution in [0.15, 0.2) is 0 Å². The van der Waals surface area contributed by atoms with Gasteiger partial charge in [0.15, 0.2) is 0 Å². The summed E-state index contributed by atoms with van der Waals surface area (Å²) in [5, 5.41) is 8.62. The molecule has 14 heavy (non-hydrogen) atoms. The van der Waals surface area contributed by atoms with Crippen LogP contribution in [0.4, 0.5) is 0 Å². The van der Waals surface area contributed by atoms with Gasteiger partial charge >= 0.3 is 5.97 Å². The van der Waals surface area contributed by atoms with Crippen molar-refractivity contribution in [1.29, 1.82) is 0 Å². The van der Waals surface area contributed by atoms with Crippen molar-refractivity contribution in [3.63, 3.8) is 0 Å². The summed E-state index contributed by atoms with van der Waals surface area (Å²) in [5.74, 6) is -1.53. The van der Waals surface area contributed by atoms with Crippen LogP contribution in [0.5, 0.6) is 0 Å². The number of hydrogen-bond donors (Lipinski definition) is 1. The van der Waals surface area contributed by atoms with Crippen LogP contribution in [0.25, 0.3) is 0 Å². The zero-order chi connectivity index (χ0) is 13.3. The third kappa shape index (κ3) is 11.5. The van der Waals surface area contributed by atoms with E-state index in [2.05, 4.69) is 6.92 Å². The Morgan fingerprint density at radius 3 is 2.07 bits per heavy atom. The molecule has 0 aliphatic carbocycles. The lowest BCUT2D eigenvalue weighted by Gasteiger charge is -2.00. The smallest absolute Gasteiger partial charge is 0.303 e. The summed E-state index contributed by atoms with van der Waals surface area (Å²) < 4.78 is 22.0. The zero-order valence-electron chi connectivity index (χ0n) is 12.1. The maximum Gasteiger partial charge on any atom is 0.303 e. The number of aliphatic carboxylic acids is 1. The van der Waals surface area contributed by atoms with Crippen LogP contribution in [-0.4, -0.2) is 11.1 Å². The minimum absolute atomic E-state index is 0.326. The average molecular weight is 203 g/mol. The summed E-state index contributed by atoms with van der Waals surface area (Å²) in [6, 6.07) is 0. The molecule has 1 unspecified atom stereocenters. The fourth-order valence-electron chi connectivity index (χ4n) is 1.36. The van der Waals surface area contributed by atoms with Crippen molar-refractivity contribution in [3.05, 3.63) is 0 Å². The van der Waals surface area contributed by atoms with Crippen LogP contribution in [0.3, 0.4) is 0 Å². The molecule has 0 rings (SSSR count). The van der Waals surface area contributed by atoms with Gasteiger partial charge in [-0.25, -0.2) is 0 Å². The second-order valence-electron chi connectivity index (χ2n) is 3.56. The molecule has 0 bridgehead atoms. The summed E-state index contributed by atoms with van der Waals surface area (Å²) in [6.45, 7) is 2.17. The summed E-state index contributed by atoms with van der Waals surface area (Å²) in [7, 11) is 0. The minimum atomic E-state index is -2.41. The van der Waals surface area contributed by atoms with E-state index in [0.717, 1.165) is 19.3 Å². The third-order valence-electron chi connectivity index (χ3n) is 2.18. The standard InChI is InChI=1S/C12H24O2/c1-2-3-4-5-6-7-8-9-10-11-12(13)14/h2-11H2,1H3,(H,13,14)/i10D,11D2. The largest absolute Gasteiger partial charge is 0.481 e. The lowest BCUT2D eigenvalue weighted by molar-refractivity contribution is -0.137. The second kappa shape index (κ2) is 10.6. The van der Waals surface area contributed by atoms with Crippen molar-refractivity contribution in [3.8, 4) is 0 Å².